The fourth-order valence-corrected chi connectivity index (χ4v) is 0.840. The Balaban J connectivity index is 2.29. The molecule has 2 N–H and O–H groups in total. The minimum absolute atomic E-state index is 0.435. The van der Waals surface area contributed by atoms with E-state index in [-0.39, 0.29) is 0 Å². The highest BCUT2D eigenvalue weighted by atomic mass is 15.2. The van der Waals surface area contributed by atoms with Gasteiger partial charge in [-0.3, -0.25) is 0 Å². The van der Waals surface area contributed by atoms with Crippen LogP contribution in [0.2, 0.25) is 0 Å². The molecular formula is C5H12N2. The summed E-state index contributed by atoms with van der Waals surface area (Å²) >= 11 is 0. The molecule has 1 heterocycles. The smallest absolute Gasteiger partial charge is 0.0323 e. The summed E-state index contributed by atoms with van der Waals surface area (Å²) in [6, 6.07) is 1.05. The van der Waals surface area contributed by atoms with Crippen LogP contribution in [-0.2, 0) is 0 Å². The third kappa shape index (κ3) is 0.640. The monoisotopic (exact) mass is 100 g/mol. The van der Waals surface area contributed by atoms with Crippen molar-refractivity contribution in [1.29, 1.82) is 0 Å². The second kappa shape index (κ2) is 1.46. The Morgan fingerprint density at radius 3 is 2.29 bits per heavy atom. The van der Waals surface area contributed by atoms with Crippen LogP contribution in [0.4, 0.5) is 0 Å². The summed E-state index contributed by atoms with van der Waals surface area (Å²) in [5.41, 5.74) is 5.57. The van der Waals surface area contributed by atoms with Gasteiger partial charge in [-0.25, -0.2) is 0 Å². The predicted octanol–water partition coefficient (Wildman–Crippen LogP) is -0.352. The lowest BCUT2D eigenvalue weighted by molar-refractivity contribution is 0.109. The lowest BCUT2D eigenvalue weighted by Crippen LogP contribution is -2.60. The molecule has 2 heteroatoms. The summed E-state index contributed by atoms with van der Waals surface area (Å²) in [6.45, 7) is 3.22. The Bertz CT molecular complexity index is 64.5. The number of hydrogen-bond donors (Lipinski definition) is 1. The molecule has 42 valence electrons. The molecular weight excluding hydrogens is 88.1 g/mol. The Kier molecular flexibility index (Phi) is 1.05. The quantitative estimate of drug-likeness (QED) is 0.450. The maximum atomic E-state index is 5.57. The summed E-state index contributed by atoms with van der Waals surface area (Å²) in [4.78, 5) is 2.24. The molecule has 1 fully saturated rings. The van der Waals surface area contributed by atoms with E-state index in [1.54, 1.807) is 0 Å². The van der Waals surface area contributed by atoms with Crippen LogP contribution in [0.3, 0.4) is 0 Å². The third-order valence-corrected chi connectivity index (χ3v) is 1.81. The Hall–Kier alpha value is -0.0800. The van der Waals surface area contributed by atoms with Gasteiger partial charge in [0.05, 0.1) is 0 Å². The molecule has 0 aromatic carbocycles. The summed E-state index contributed by atoms with van der Waals surface area (Å²) in [5, 5.41) is 0. The zero-order valence-electron chi connectivity index (χ0n) is 4.89. The van der Waals surface area contributed by atoms with Gasteiger partial charge in [0, 0.05) is 18.6 Å². The van der Waals surface area contributed by atoms with Crippen molar-refractivity contribution >= 4 is 0 Å². The lowest BCUT2D eigenvalue weighted by atomic mass is 10.0. The van der Waals surface area contributed by atoms with Crippen molar-refractivity contribution in [3.63, 3.8) is 0 Å². The predicted molar refractivity (Wildman–Crippen MR) is 30.1 cm³/mol. The Labute approximate surface area is 44.3 Å². The van der Waals surface area contributed by atoms with Crippen LogP contribution >= 0.6 is 0 Å². The fraction of sp³-hybridized carbons (Fsp3) is 1.00. The van der Waals surface area contributed by atoms with Crippen molar-refractivity contribution in [3.05, 3.63) is 0 Å². The number of hydrogen-bond acceptors (Lipinski definition) is 2. The first-order valence-corrected chi connectivity index (χ1v) is 2.67. The van der Waals surface area contributed by atoms with E-state index in [9.17, 15) is 0 Å². The molecule has 7 heavy (non-hydrogen) atoms. The van der Waals surface area contributed by atoms with E-state index in [1.165, 1.54) is 0 Å². The first-order valence-electron chi connectivity index (χ1n) is 2.67. The van der Waals surface area contributed by atoms with Crippen LogP contribution < -0.4 is 5.73 Å². The van der Waals surface area contributed by atoms with E-state index < -0.39 is 0 Å². The van der Waals surface area contributed by atoms with Gasteiger partial charge in [0.25, 0.3) is 0 Å². The molecule has 0 aromatic heterocycles. The first kappa shape index (κ1) is 5.06. The number of nitrogens with zero attached hydrogens (tertiary/aromatic N) is 1. The first-order chi connectivity index (χ1) is 3.22. The second-order valence-electron chi connectivity index (χ2n) is 2.34. The van der Waals surface area contributed by atoms with Crippen LogP contribution in [0.15, 0.2) is 0 Å². The summed E-state index contributed by atoms with van der Waals surface area (Å²) < 4.78 is 0. The molecule has 1 saturated heterocycles. The molecule has 0 bridgehead atoms. The normalized spacial score (nSPS) is 43.3. The molecule has 0 saturated carbocycles. The van der Waals surface area contributed by atoms with Crippen LogP contribution in [0, 0.1) is 0 Å². The van der Waals surface area contributed by atoms with Crippen molar-refractivity contribution in [2.75, 3.05) is 13.6 Å². The third-order valence-electron chi connectivity index (χ3n) is 1.81. The minimum Gasteiger partial charge on any atom is -0.325 e. The standard InChI is InChI=1S/C5H12N2/c1-4-5(6)3-7(4)2/h4-5H,3,6H2,1-2H3. The van der Waals surface area contributed by atoms with Crippen molar-refractivity contribution in [2.24, 2.45) is 5.73 Å². The molecule has 1 aliphatic heterocycles. The van der Waals surface area contributed by atoms with E-state index in [4.69, 9.17) is 5.73 Å². The molecule has 0 spiro atoms. The van der Waals surface area contributed by atoms with Gasteiger partial charge in [-0.15, -0.1) is 0 Å². The number of rotatable bonds is 0. The van der Waals surface area contributed by atoms with Gasteiger partial charge >= 0.3 is 0 Å². The fourth-order valence-electron chi connectivity index (χ4n) is 0.840. The molecule has 2 atom stereocenters. The molecule has 1 rings (SSSR count). The summed E-state index contributed by atoms with van der Waals surface area (Å²) in [7, 11) is 2.09. The zero-order chi connectivity index (χ0) is 5.44. The molecule has 0 amide bonds. The summed E-state index contributed by atoms with van der Waals surface area (Å²) in [5.74, 6) is 0. The highest BCUT2D eigenvalue weighted by Crippen LogP contribution is 2.10. The Morgan fingerprint density at radius 1 is 1.71 bits per heavy atom. The molecule has 1 aliphatic rings. The van der Waals surface area contributed by atoms with Crippen molar-refractivity contribution < 1.29 is 0 Å². The van der Waals surface area contributed by atoms with Gasteiger partial charge in [0.15, 0.2) is 0 Å². The average Bonchev–Trinajstić information content (AvgIpc) is 1.68. The van der Waals surface area contributed by atoms with Gasteiger partial charge in [-0.2, -0.15) is 0 Å². The average molecular weight is 100 g/mol. The van der Waals surface area contributed by atoms with Gasteiger partial charge < -0.3 is 10.6 Å². The van der Waals surface area contributed by atoms with E-state index in [2.05, 4.69) is 18.9 Å². The molecule has 0 aliphatic carbocycles. The number of nitrogens with two attached hydrogens (primary N) is 1. The minimum atomic E-state index is 0.435. The summed E-state index contributed by atoms with van der Waals surface area (Å²) in [6.07, 6.45) is 0. The van der Waals surface area contributed by atoms with E-state index >= 15 is 0 Å². The number of likely N-dealkylation sites (tertiary alicyclic amines) is 1. The number of likely N-dealkylation sites (N-methyl/N-ethyl adjacent to an activating group) is 1. The van der Waals surface area contributed by atoms with E-state index in [0.717, 1.165) is 6.54 Å². The van der Waals surface area contributed by atoms with Gasteiger partial charge in [-0.05, 0) is 14.0 Å². The van der Waals surface area contributed by atoms with Gasteiger partial charge in [-0.1, -0.05) is 0 Å². The van der Waals surface area contributed by atoms with Crippen molar-refractivity contribution in [3.8, 4) is 0 Å². The molecule has 2 nitrogen and oxygen atoms in total. The van der Waals surface area contributed by atoms with Crippen LogP contribution in [-0.4, -0.2) is 30.6 Å². The second-order valence-corrected chi connectivity index (χ2v) is 2.34. The van der Waals surface area contributed by atoms with Crippen molar-refractivity contribution in [1.82, 2.24) is 4.90 Å². The van der Waals surface area contributed by atoms with Crippen LogP contribution in [0.1, 0.15) is 6.92 Å². The topological polar surface area (TPSA) is 29.3 Å². The largest absolute Gasteiger partial charge is 0.325 e. The maximum Gasteiger partial charge on any atom is 0.0323 e. The van der Waals surface area contributed by atoms with Crippen molar-refractivity contribution in [2.45, 2.75) is 19.0 Å². The Morgan fingerprint density at radius 2 is 2.29 bits per heavy atom. The van der Waals surface area contributed by atoms with Gasteiger partial charge in [0.1, 0.15) is 0 Å². The maximum absolute atomic E-state index is 5.57. The van der Waals surface area contributed by atoms with Gasteiger partial charge in [0.2, 0.25) is 0 Å². The SMILES string of the molecule is CC1C(N)CN1C. The van der Waals surface area contributed by atoms with E-state index in [0.29, 0.717) is 12.1 Å². The highest BCUT2D eigenvalue weighted by Gasteiger charge is 2.28. The lowest BCUT2D eigenvalue weighted by Gasteiger charge is -2.41. The van der Waals surface area contributed by atoms with Crippen LogP contribution in [0.5, 0.6) is 0 Å². The van der Waals surface area contributed by atoms with E-state index in [1.807, 2.05) is 0 Å². The zero-order valence-corrected chi connectivity index (χ0v) is 4.89. The highest BCUT2D eigenvalue weighted by molar-refractivity contribution is 4.88. The van der Waals surface area contributed by atoms with Crippen LogP contribution in [0.25, 0.3) is 0 Å². The molecule has 0 aromatic rings. The molecule has 0 radical (unpaired) electrons. The molecule has 2 unspecified atom stereocenters.